The molecule has 0 aliphatic carbocycles. The number of nitrogens with one attached hydrogen (secondary N) is 1. The topological polar surface area (TPSA) is 110 Å². The normalized spacial score (nSPS) is 13.8. The number of aliphatic hydroxyl groups is 4. The lowest BCUT2D eigenvalue weighted by Gasteiger charge is -2.27. The fourth-order valence-corrected chi connectivity index (χ4v) is 9.23. The van der Waals surface area contributed by atoms with E-state index in [0.29, 0.717) is 12.8 Å². The van der Waals surface area contributed by atoms with E-state index < -0.39 is 36.9 Å². The van der Waals surface area contributed by atoms with Crippen molar-refractivity contribution in [2.24, 2.45) is 0 Å². The smallest absolute Gasteiger partial charge is 0.249 e. The summed E-state index contributed by atoms with van der Waals surface area (Å²) >= 11 is 0. The van der Waals surface area contributed by atoms with Crippen molar-refractivity contribution in [1.29, 1.82) is 0 Å². The number of allylic oxidation sites excluding steroid dienone is 2. The van der Waals surface area contributed by atoms with E-state index in [-0.39, 0.29) is 0 Å². The van der Waals surface area contributed by atoms with Crippen LogP contribution in [0.25, 0.3) is 0 Å². The predicted octanol–water partition coefficient (Wildman–Crippen LogP) is 16.5. The van der Waals surface area contributed by atoms with E-state index in [9.17, 15) is 25.2 Å². The maximum atomic E-state index is 12.5. The number of carbonyl (C=O) groups is 1. The van der Waals surface area contributed by atoms with E-state index in [1.807, 2.05) is 0 Å². The minimum atomic E-state index is -1.25. The van der Waals surface area contributed by atoms with Crippen LogP contribution < -0.4 is 5.32 Å². The Bertz CT molecular complexity index is 913. The number of carbonyl (C=O) groups excluding carboxylic acids is 1. The summed E-state index contributed by atoms with van der Waals surface area (Å²) in [7, 11) is 0. The second kappa shape index (κ2) is 52.0. The summed E-state index contributed by atoms with van der Waals surface area (Å²) in [6.45, 7) is 4.05. The fraction of sp³-hybridized carbons (Fsp3) is 0.947. The Kier molecular flexibility index (Phi) is 51.2. The van der Waals surface area contributed by atoms with Crippen LogP contribution in [0.15, 0.2) is 12.2 Å². The van der Waals surface area contributed by atoms with Gasteiger partial charge in [-0.05, 0) is 38.5 Å². The molecule has 0 bridgehead atoms. The lowest BCUT2D eigenvalue weighted by Crippen LogP contribution is -2.53. The van der Waals surface area contributed by atoms with Gasteiger partial charge in [0.1, 0.15) is 12.2 Å². The van der Waals surface area contributed by atoms with Crippen LogP contribution in [0.1, 0.15) is 316 Å². The Balaban J connectivity index is 3.45. The van der Waals surface area contributed by atoms with Crippen LogP contribution in [0, 0.1) is 0 Å². The monoisotopic (exact) mass is 892 g/mol. The van der Waals surface area contributed by atoms with E-state index in [4.69, 9.17) is 0 Å². The first-order valence-electron chi connectivity index (χ1n) is 28.6. The Labute approximate surface area is 393 Å². The second-order valence-corrected chi connectivity index (χ2v) is 20.0. The third kappa shape index (κ3) is 46.0. The summed E-state index contributed by atoms with van der Waals surface area (Å²) in [5.41, 5.74) is 0. The molecule has 6 nitrogen and oxygen atoms in total. The molecule has 5 N–H and O–H groups in total. The van der Waals surface area contributed by atoms with Gasteiger partial charge >= 0.3 is 0 Å². The van der Waals surface area contributed by atoms with Crippen molar-refractivity contribution in [1.82, 2.24) is 5.32 Å². The highest BCUT2D eigenvalue weighted by atomic mass is 16.3. The Morgan fingerprint density at radius 3 is 0.921 bits per heavy atom. The van der Waals surface area contributed by atoms with Gasteiger partial charge < -0.3 is 25.7 Å². The molecule has 6 heteroatoms. The van der Waals surface area contributed by atoms with Crippen molar-refractivity contribution in [2.45, 2.75) is 340 Å². The van der Waals surface area contributed by atoms with Crippen molar-refractivity contribution in [3.63, 3.8) is 0 Å². The predicted molar refractivity (Wildman–Crippen MR) is 275 cm³/mol. The number of amides is 1. The molecule has 63 heavy (non-hydrogen) atoms. The van der Waals surface area contributed by atoms with E-state index in [0.717, 1.165) is 38.5 Å². The van der Waals surface area contributed by atoms with Gasteiger partial charge in [0.2, 0.25) is 5.91 Å². The van der Waals surface area contributed by atoms with Crippen LogP contribution in [-0.4, -0.2) is 57.3 Å². The maximum Gasteiger partial charge on any atom is 0.249 e. The number of unbranched alkanes of at least 4 members (excludes halogenated alkanes) is 42. The Morgan fingerprint density at radius 2 is 0.635 bits per heavy atom. The van der Waals surface area contributed by atoms with Gasteiger partial charge in [0.05, 0.1) is 18.8 Å². The molecule has 0 rings (SSSR count). The Hall–Kier alpha value is -0.950. The molecule has 0 aliphatic rings. The van der Waals surface area contributed by atoms with Gasteiger partial charge in [-0.3, -0.25) is 4.79 Å². The zero-order chi connectivity index (χ0) is 45.9. The molecule has 0 saturated carbocycles. The summed E-state index contributed by atoms with van der Waals surface area (Å²) in [5.74, 6) is -0.581. The van der Waals surface area contributed by atoms with Crippen LogP contribution in [0.2, 0.25) is 0 Å². The highest BCUT2D eigenvalue weighted by Crippen LogP contribution is 2.18. The standard InChI is InChI=1S/C57H113NO5/c1-3-5-7-9-11-13-14-15-16-17-18-19-20-21-22-23-24-25-26-27-28-29-30-31-32-33-34-35-36-37-38-39-40-41-43-45-47-49-51-55(61)57(63)58-53(52-59)56(62)54(60)50-48-46-44-42-12-10-8-6-4-2/h27-28,53-56,59-62H,3-26,29-52H2,1-2H3,(H,58,63)/b28-27-. The van der Waals surface area contributed by atoms with Crippen LogP contribution in [-0.2, 0) is 4.79 Å². The molecule has 0 aromatic carbocycles. The molecule has 0 spiro atoms. The summed E-state index contributed by atoms with van der Waals surface area (Å²) in [5, 5.41) is 43.6. The zero-order valence-corrected chi connectivity index (χ0v) is 42.6. The molecule has 376 valence electrons. The average molecular weight is 893 g/mol. The van der Waals surface area contributed by atoms with Crippen LogP contribution in [0.3, 0.4) is 0 Å². The SMILES string of the molecule is CCCCCCCCCCCCCCCCCCCC/C=C\CCCCCCCCCCCCCCCCCCC(O)C(=O)NC(CO)C(O)C(O)CCCCCCCCCCC. The van der Waals surface area contributed by atoms with Crippen LogP contribution in [0.5, 0.6) is 0 Å². The van der Waals surface area contributed by atoms with Gasteiger partial charge in [-0.15, -0.1) is 0 Å². The molecule has 0 fully saturated rings. The molecule has 0 aromatic heterocycles. The minimum Gasteiger partial charge on any atom is -0.394 e. The molecule has 0 radical (unpaired) electrons. The summed E-state index contributed by atoms with van der Waals surface area (Å²) in [6, 6.07) is -0.980. The van der Waals surface area contributed by atoms with Crippen LogP contribution >= 0.6 is 0 Å². The molecule has 0 aliphatic heterocycles. The molecule has 0 aromatic rings. The summed E-state index contributed by atoms with van der Waals surface area (Å²) in [4.78, 5) is 12.5. The number of hydrogen-bond donors (Lipinski definition) is 5. The molecular formula is C57H113NO5. The first kappa shape index (κ1) is 62.1. The largest absolute Gasteiger partial charge is 0.394 e. The number of aliphatic hydroxyl groups excluding tert-OH is 4. The number of rotatable bonds is 53. The first-order chi connectivity index (χ1) is 31.0. The van der Waals surface area contributed by atoms with Gasteiger partial charge in [-0.2, -0.15) is 0 Å². The lowest BCUT2D eigenvalue weighted by atomic mass is 9.99. The van der Waals surface area contributed by atoms with E-state index in [1.54, 1.807) is 0 Å². The van der Waals surface area contributed by atoms with Crippen molar-refractivity contribution >= 4 is 5.91 Å². The molecule has 1 amide bonds. The first-order valence-corrected chi connectivity index (χ1v) is 28.6. The summed E-state index contributed by atoms with van der Waals surface area (Å²) in [6.07, 6.45) is 61.8. The zero-order valence-electron chi connectivity index (χ0n) is 42.6. The molecule has 0 saturated heterocycles. The molecule has 4 unspecified atom stereocenters. The summed E-state index contributed by atoms with van der Waals surface area (Å²) < 4.78 is 0. The van der Waals surface area contributed by atoms with Gasteiger partial charge in [-0.1, -0.05) is 289 Å². The molecule has 4 atom stereocenters. The third-order valence-corrected chi connectivity index (χ3v) is 13.7. The fourth-order valence-electron chi connectivity index (χ4n) is 9.23. The molecule has 0 heterocycles. The van der Waals surface area contributed by atoms with Gasteiger partial charge in [0, 0.05) is 0 Å². The van der Waals surface area contributed by atoms with Crippen molar-refractivity contribution in [3.05, 3.63) is 12.2 Å². The van der Waals surface area contributed by atoms with Gasteiger partial charge in [-0.25, -0.2) is 0 Å². The van der Waals surface area contributed by atoms with Gasteiger partial charge in [0.25, 0.3) is 0 Å². The van der Waals surface area contributed by atoms with Gasteiger partial charge in [0.15, 0.2) is 0 Å². The van der Waals surface area contributed by atoms with E-state index in [2.05, 4.69) is 31.3 Å². The van der Waals surface area contributed by atoms with E-state index >= 15 is 0 Å². The average Bonchev–Trinajstić information content (AvgIpc) is 3.29. The van der Waals surface area contributed by atoms with E-state index in [1.165, 1.54) is 250 Å². The van der Waals surface area contributed by atoms with Crippen LogP contribution in [0.4, 0.5) is 0 Å². The Morgan fingerprint density at radius 1 is 0.381 bits per heavy atom. The van der Waals surface area contributed by atoms with Crippen molar-refractivity contribution < 1.29 is 25.2 Å². The minimum absolute atomic E-state index is 0.373. The highest BCUT2D eigenvalue weighted by Gasteiger charge is 2.28. The van der Waals surface area contributed by atoms with Crippen molar-refractivity contribution in [3.8, 4) is 0 Å². The molecular weight excluding hydrogens is 779 g/mol. The maximum absolute atomic E-state index is 12.5. The number of hydrogen-bond acceptors (Lipinski definition) is 5. The lowest BCUT2D eigenvalue weighted by molar-refractivity contribution is -0.132. The highest BCUT2D eigenvalue weighted by molar-refractivity contribution is 5.80. The second-order valence-electron chi connectivity index (χ2n) is 20.0. The quantitative estimate of drug-likeness (QED) is 0.0309. The third-order valence-electron chi connectivity index (χ3n) is 13.7. The van der Waals surface area contributed by atoms with Crippen molar-refractivity contribution in [2.75, 3.05) is 6.61 Å².